The van der Waals surface area contributed by atoms with Crippen LogP contribution < -0.4 is 4.74 Å². The number of halogens is 4. The van der Waals surface area contributed by atoms with Crippen molar-refractivity contribution < 1.29 is 17.9 Å². The summed E-state index contributed by atoms with van der Waals surface area (Å²) in [6.45, 7) is 7.04. The third kappa shape index (κ3) is 3.39. The van der Waals surface area contributed by atoms with Crippen molar-refractivity contribution >= 4 is 28.3 Å². The molecule has 2 rings (SSSR count). The molecule has 1 aromatic heterocycles. The standard InChI is InChI=1S/C13H6F3IN2O/c1-18-10-6-9(17)3-4-11(10)20-12-5-2-8(7-19-12)13(14,15)16/h2-7H. The molecule has 0 unspecified atom stereocenters. The molecule has 0 aliphatic carbocycles. The van der Waals surface area contributed by atoms with Gasteiger partial charge in [-0.15, -0.1) is 0 Å². The van der Waals surface area contributed by atoms with Crippen LogP contribution in [0.25, 0.3) is 4.85 Å². The van der Waals surface area contributed by atoms with Gasteiger partial charge in [0.05, 0.1) is 12.1 Å². The fraction of sp³-hybridized carbons (Fsp3) is 0.0769. The Morgan fingerprint density at radius 2 is 1.95 bits per heavy atom. The summed E-state index contributed by atoms with van der Waals surface area (Å²) in [4.78, 5) is 6.89. The molecule has 0 spiro atoms. The normalized spacial score (nSPS) is 10.9. The van der Waals surface area contributed by atoms with Crippen molar-refractivity contribution in [3.8, 4) is 11.6 Å². The smallest absolute Gasteiger partial charge is 0.417 e. The molecule has 0 fully saturated rings. The zero-order valence-electron chi connectivity index (χ0n) is 9.78. The molecule has 0 aliphatic heterocycles. The Morgan fingerprint density at radius 3 is 2.50 bits per heavy atom. The zero-order valence-corrected chi connectivity index (χ0v) is 11.9. The van der Waals surface area contributed by atoms with Crippen LogP contribution in [0.5, 0.6) is 11.6 Å². The molecule has 3 nitrogen and oxygen atoms in total. The molecule has 0 aliphatic rings. The first kappa shape index (κ1) is 14.6. The molecule has 0 N–H and O–H groups in total. The Morgan fingerprint density at radius 1 is 1.20 bits per heavy atom. The maximum absolute atomic E-state index is 12.4. The van der Waals surface area contributed by atoms with E-state index in [0.717, 1.165) is 15.7 Å². The maximum atomic E-state index is 12.4. The molecule has 1 heterocycles. The quantitative estimate of drug-likeness (QED) is 0.530. The van der Waals surface area contributed by atoms with Crippen LogP contribution in [0.15, 0.2) is 36.5 Å². The third-order valence-corrected chi connectivity index (χ3v) is 2.99. The predicted octanol–water partition coefficient (Wildman–Crippen LogP) is 5.05. The molecule has 0 saturated carbocycles. The van der Waals surface area contributed by atoms with E-state index in [1.165, 1.54) is 0 Å². The molecule has 102 valence electrons. The van der Waals surface area contributed by atoms with Crippen molar-refractivity contribution in [3.63, 3.8) is 0 Å². The number of nitrogens with zero attached hydrogens (tertiary/aromatic N) is 2. The summed E-state index contributed by atoms with van der Waals surface area (Å²) in [5.74, 6) is 0.261. The average molecular weight is 390 g/mol. The number of aromatic nitrogens is 1. The number of rotatable bonds is 2. The minimum Gasteiger partial charge on any atom is -0.450 e. The van der Waals surface area contributed by atoms with Gasteiger partial charge in [-0.1, -0.05) is 0 Å². The molecule has 1 aromatic carbocycles. The lowest BCUT2D eigenvalue weighted by atomic mass is 10.3. The number of ether oxygens (including phenoxy) is 1. The Hall–Kier alpha value is -1.82. The van der Waals surface area contributed by atoms with Crippen LogP contribution in [-0.2, 0) is 6.18 Å². The highest BCUT2D eigenvalue weighted by atomic mass is 127. The Labute approximate surface area is 126 Å². The van der Waals surface area contributed by atoms with E-state index < -0.39 is 11.7 Å². The first-order valence-corrected chi connectivity index (χ1v) is 6.36. The molecule has 7 heteroatoms. The fourth-order valence-corrected chi connectivity index (χ4v) is 1.86. The van der Waals surface area contributed by atoms with Gasteiger partial charge in [-0.2, -0.15) is 13.2 Å². The van der Waals surface area contributed by atoms with E-state index in [1.807, 2.05) is 22.6 Å². The van der Waals surface area contributed by atoms with Crippen LogP contribution in [0.1, 0.15) is 5.56 Å². The first-order valence-electron chi connectivity index (χ1n) is 5.28. The van der Waals surface area contributed by atoms with Gasteiger partial charge in [-0.25, -0.2) is 9.83 Å². The van der Waals surface area contributed by atoms with Gasteiger partial charge < -0.3 is 4.74 Å². The summed E-state index contributed by atoms with van der Waals surface area (Å²) in [6, 6.07) is 6.93. The number of pyridine rings is 1. The fourth-order valence-electron chi connectivity index (χ4n) is 1.39. The van der Waals surface area contributed by atoms with Gasteiger partial charge in [0.15, 0.2) is 0 Å². The van der Waals surface area contributed by atoms with Crippen molar-refractivity contribution in [2.45, 2.75) is 6.18 Å². The molecular formula is C13H6F3IN2O. The minimum absolute atomic E-state index is 0.00380. The minimum atomic E-state index is -4.43. The molecule has 0 saturated heterocycles. The van der Waals surface area contributed by atoms with E-state index in [-0.39, 0.29) is 17.3 Å². The van der Waals surface area contributed by atoms with Gasteiger partial charge in [0.25, 0.3) is 0 Å². The van der Waals surface area contributed by atoms with E-state index in [9.17, 15) is 13.2 Å². The first-order chi connectivity index (χ1) is 9.40. The Balaban J connectivity index is 2.25. The van der Waals surface area contributed by atoms with Crippen LogP contribution in [0.3, 0.4) is 0 Å². The van der Waals surface area contributed by atoms with Gasteiger partial charge in [0, 0.05) is 15.8 Å². The van der Waals surface area contributed by atoms with E-state index in [1.54, 1.807) is 18.2 Å². The number of alkyl halides is 3. The summed E-state index contributed by atoms with van der Waals surface area (Å²) in [5.41, 5.74) is -0.573. The van der Waals surface area contributed by atoms with Gasteiger partial charge in [-0.3, -0.25) is 0 Å². The molecule has 0 atom stereocenters. The van der Waals surface area contributed by atoms with Gasteiger partial charge in [-0.05, 0) is 46.9 Å². The molecular weight excluding hydrogens is 384 g/mol. The summed E-state index contributed by atoms with van der Waals surface area (Å²) in [7, 11) is 0. The SMILES string of the molecule is [C-]#[N+]c1cc(I)ccc1Oc1ccc(C(F)(F)F)cn1. The van der Waals surface area contributed by atoms with Crippen LogP contribution in [0.2, 0.25) is 0 Å². The van der Waals surface area contributed by atoms with Gasteiger partial charge in [0.1, 0.15) is 5.75 Å². The zero-order chi connectivity index (χ0) is 14.8. The monoisotopic (exact) mass is 390 g/mol. The predicted molar refractivity (Wildman–Crippen MR) is 74.7 cm³/mol. The highest BCUT2D eigenvalue weighted by Gasteiger charge is 2.30. The highest BCUT2D eigenvalue weighted by molar-refractivity contribution is 14.1. The maximum Gasteiger partial charge on any atom is 0.417 e. The van der Waals surface area contributed by atoms with Crippen molar-refractivity contribution in [1.82, 2.24) is 4.98 Å². The Bertz CT molecular complexity index is 663. The van der Waals surface area contributed by atoms with Crippen LogP contribution >= 0.6 is 22.6 Å². The summed E-state index contributed by atoms with van der Waals surface area (Å²) in [6.07, 6.45) is -3.74. The molecule has 0 radical (unpaired) electrons. The summed E-state index contributed by atoms with van der Waals surface area (Å²) in [5, 5.41) is 0. The van der Waals surface area contributed by atoms with Gasteiger partial charge >= 0.3 is 6.18 Å². The topological polar surface area (TPSA) is 26.5 Å². The lowest BCUT2D eigenvalue weighted by Crippen LogP contribution is -2.05. The van der Waals surface area contributed by atoms with E-state index in [2.05, 4.69) is 9.83 Å². The van der Waals surface area contributed by atoms with Crippen molar-refractivity contribution in [2.24, 2.45) is 0 Å². The van der Waals surface area contributed by atoms with E-state index >= 15 is 0 Å². The number of hydrogen-bond acceptors (Lipinski definition) is 2. The largest absolute Gasteiger partial charge is 0.450 e. The second-order valence-corrected chi connectivity index (χ2v) is 4.95. The molecule has 0 bridgehead atoms. The second kappa shape index (κ2) is 5.66. The lowest BCUT2D eigenvalue weighted by molar-refractivity contribution is -0.137. The molecule has 0 amide bonds. The van der Waals surface area contributed by atoms with Crippen molar-refractivity contribution in [2.75, 3.05) is 0 Å². The number of hydrogen-bond donors (Lipinski definition) is 0. The lowest BCUT2D eigenvalue weighted by Gasteiger charge is -2.09. The van der Waals surface area contributed by atoms with Crippen LogP contribution in [0, 0.1) is 10.1 Å². The van der Waals surface area contributed by atoms with E-state index in [0.29, 0.717) is 6.20 Å². The van der Waals surface area contributed by atoms with Crippen molar-refractivity contribution in [3.05, 3.63) is 57.1 Å². The van der Waals surface area contributed by atoms with E-state index in [4.69, 9.17) is 11.3 Å². The third-order valence-electron chi connectivity index (χ3n) is 2.32. The molecule has 2 aromatic rings. The molecule has 20 heavy (non-hydrogen) atoms. The van der Waals surface area contributed by atoms with Crippen LogP contribution in [0.4, 0.5) is 18.9 Å². The number of benzene rings is 1. The average Bonchev–Trinajstić information content (AvgIpc) is 2.40. The van der Waals surface area contributed by atoms with Crippen LogP contribution in [-0.4, -0.2) is 4.98 Å². The van der Waals surface area contributed by atoms with Gasteiger partial charge in [0.2, 0.25) is 11.6 Å². The van der Waals surface area contributed by atoms with Crippen molar-refractivity contribution in [1.29, 1.82) is 0 Å². The Kier molecular flexibility index (Phi) is 4.13. The summed E-state index contributed by atoms with van der Waals surface area (Å²) >= 11 is 2.05. The highest BCUT2D eigenvalue weighted by Crippen LogP contribution is 2.34. The second-order valence-electron chi connectivity index (χ2n) is 3.71. The summed E-state index contributed by atoms with van der Waals surface area (Å²) < 4.78 is 43.4.